The lowest BCUT2D eigenvalue weighted by atomic mass is 10.0. The molecule has 0 spiro atoms. The Bertz CT molecular complexity index is 862. The van der Waals surface area contributed by atoms with E-state index in [1.807, 2.05) is 49.1 Å². The number of aliphatic imine (C=N–C) groups is 1. The van der Waals surface area contributed by atoms with Gasteiger partial charge in [0.1, 0.15) is 5.69 Å². The molecule has 1 aromatic carbocycles. The summed E-state index contributed by atoms with van der Waals surface area (Å²) in [5.74, 6) is -0.172. The van der Waals surface area contributed by atoms with Crippen LogP contribution < -0.4 is 0 Å². The molecule has 7 heteroatoms. The fraction of sp³-hybridized carbons (Fsp3) is 0.348. The van der Waals surface area contributed by atoms with Gasteiger partial charge in [0, 0.05) is 24.8 Å². The molecule has 0 aliphatic carbocycles. The number of halogens is 3. The second-order valence-electron chi connectivity index (χ2n) is 6.49. The third kappa shape index (κ3) is 5.78. The second kappa shape index (κ2) is 10.7. The molecule has 0 saturated heterocycles. The van der Waals surface area contributed by atoms with Crippen LogP contribution in [0.4, 0.5) is 13.2 Å². The van der Waals surface area contributed by atoms with E-state index in [-0.39, 0.29) is 17.4 Å². The number of carbonyl (C=O) groups excluding carboxylic acids is 1. The summed E-state index contributed by atoms with van der Waals surface area (Å²) in [6.45, 7) is 8.90. The Kier molecular flexibility index (Phi) is 8.33. The number of pyridine rings is 1. The zero-order valence-electron chi connectivity index (χ0n) is 17.2. The van der Waals surface area contributed by atoms with E-state index in [2.05, 4.69) is 16.6 Å². The molecule has 1 aliphatic rings. The number of carbonyl (C=O) groups is 1. The number of aromatic nitrogens is 1. The van der Waals surface area contributed by atoms with E-state index in [4.69, 9.17) is 0 Å². The van der Waals surface area contributed by atoms with E-state index >= 15 is 0 Å². The highest BCUT2D eigenvalue weighted by molar-refractivity contribution is 6.45. The van der Waals surface area contributed by atoms with Crippen LogP contribution in [0, 0.1) is 0 Å². The summed E-state index contributed by atoms with van der Waals surface area (Å²) in [4.78, 5) is 22.9. The molecule has 0 N–H and O–H groups in total. The van der Waals surface area contributed by atoms with Gasteiger partial charge < -0.3 is 4.90 Å². The monoisotopic (exact) mass is 417 g/mol. The number of alkyl halides is 3. The molecule has 4 nitrogen and oxygen atoms in total. The van der Waals surface area contributed by atoms with E-state index < -0.39 is 17.7 Å². The average molecular weight is 417 g/mol. The minimum Gasteiger partial charge on any atom is -0.353 e. The van der Waals surface area contributed by atoms with E-state index in [0.29, 0.717) is 19.5 Å². The number of hydrogen-bond acceptors (Lipinski definition) is 4. The van der Waals surface area contributed by atoms with Crippen molar-refractivity contribution in [1.82, 2.24) is 9.88 Å². The summed E-state index contributed by atoms with van der Waals surface area (Å²) >= 11 is 0. The molecule has 3 rings (SSSR count). The molecule has 2 heterocycles. The Hall–Kier alpha value is -2.96. The van der Waals surface area contributed by atoms with Crippen LogP contribution in [0.5, 0.6) is 0 Å². The molecule has 1 aliphatic heterocycles. The van der Waals surface area contributed by atoms with Gasteiger partial charge in [-0.3, -0.25) is 14.8 Å². The first-order valence-corrected chi connectivity index (χ1v) is 9.96. The second-order valence-corrected chi connectivity index (χ2v) is 6.49. The van der Waals surface area contributed by atoms with Crippen molar-refractivity contribution in [2.24, 2.45) is 4.99 Å². The minimum atomic E-state index is -4.54. The van der Waals surface area contributed by atoms with Gasteiger partial charge >= 0.3 is 6.18 Å². The fourth-order valence-electron chi connectivity index (χ4n) is 3.09. The van der Waals surface area contributed by atoms with E-state index in [9.17, 15) is 18.0 Å². The smallest absolute Gasteiger partial charge is 0.353 e. The highest BCUT2D eigenvalue weighted by Gasteiger charge is 2.33. The van der Waals surface area contributed by atoms with Crippen LogP contribution in [0.1, 0.15) is 54.3 Å². The van der Waals surface area contributed by atoms with Crippen molar-refractivity contribution in [3.05, 3.63) is 78.1 Å². The van der Waals surface area contributed by atoms with Crippen LogP contribution in [-0.2, 0) is 6.18 Å². The molecule has 1 unspecified atom stereocenters. The zero-order chi connectivity index (χ0) is 22.1. The Morgan fingerprint density at radius 1 is 1.20 bits per heavy atom. The number of ketones is 1. The molecule has 0 radical (unpaired) electrons. The lowest BCUT2D eigenvalue weighted by Crippen LogP contribution is -2.41. The van der Waals surface area contributed by atoms with E-state index in [1.165, 1.54) is 0 Å². The normalized spacial score (nSPS) is 16.2. The van der Waals surface area contributed by atoms with Gasteiger partial charge in [0.2, 0.25) is 5.78 Å². The van der Waals surface area contributed by atoms with Crippen molar-refractivity contribution in [3.8, 4) is 0 Å². The molecule has 1 atom stereocenters. The molecule has 0 bridgehead atoms. The first-order valence-electron chi connectivity index (χ1n) is 9.96. The Labute approximate surface area is 175 Å². The zero-order valence-corrected chi connectivity index (χ0v) is 17.2. The van der Waals surface area contributed by atoms with Crippen molar-refractivity contribution in [2.45, 2.75) is 38.9 Å². The first-order chi connectivity index (χ1) is 14.4. The predicted molar refractivity (Wildman–Crippen MR) is 113 cm³/mol. The fourth-order valence-corrected chi connectivity index (χ4v) is 3.09. The Morgan fingerprint density at radius 3 is 2.47 bits per heavy atom. The van der Waals surface area contributed by atoms with E-state index in [0.717, 1.165) is 30.3 Å². The quantitative estimate of drug-likeness (QED) is 0.445. The molecule has 2 aromatic rings. The van der Waals surface area contributed by atoms with Gasteiger partial charge in [-0.25, -0.2) is 0 Å². The number of hydrogen-bond donors (Lipinski definition) is 0. The summed E-state index contributed by atoms with van der Waals surface area (Å²) in [6, 6.07) is 11.4. The first kappa shape index (κ1) is 23.3. The van der Waals surface area contributed by atoms with Crippen LogP contribution in [-0.4, -0.2) is 34.6 Å². The van der Waals surface area contributed by atoms with Gasteiger partial charge in [0.05, 0.1) is 6.04 Å². The Balaban J connectivity index is 0.00000155. The molecule has 0 amide bonds. The van der Waals surface area contributed by atoms with Gasteiger partial charge in [-0.1, -0.05) is 50.3 Å². The predicted octanol–water partition coefficient (Wildman–Crippen LogP) is 5.73. The van der Waals surface area contributed by atoms with Crippen molar-refractivity contribution in [2.75, 3.05) is 13.1 Å². The standard InChI is InChI=1S/C21H20F3N3O.C2H6/c1-2-3-12-27-13-11-17(15-7-5-4-6-8-15)26-20(27)19(28)16-9-10-18(25-14-16)21(22,23)24;1-2/h2,4-10,14,17H,1,3,11-13H2;1-2H3. The molecule has 30 heavy (non-hydrogen) atoms. The molecule has 1 aromatic heterocycles. The van der Waals surface area contributed by atoms with Crippen LogP contribution in [0.25, 0.3) is 0 Å². The third-order valence-corrected chi connectivity index (χ3v) is 4.56. The SMILES string of the molecule is C=CCCN1CCC(c2ccccc2)N=C1C(=O)c1ccc(C(F)(F)F)nc1.CC. The van der Waals surface area contributed by atoms with Crippen LogP contribution in [0.3, 0.4) is 0 Å². The maximum absolute atomic E-state index is 13.0. The van der Waals surface area contributed by atoms with E-state index in [1.54, 1.807) is 6.08 Å². The summed E-state index contributed by atoms with van der Waals surface area (Å²) in [5.41, 5.74) is 0.0612. The lowest BCUT2D eigenvalue weighted by Gasteiger charge is -2.32. The molecular weight excluding hydrogens is 391 g/mol. The van der Waals surface area contributed by atoms with Crippen LogP contribution >= 0.6 is 0 Å². The molecule has 160 valence electrons. The summed E-state index contributed by atoms with van der Waals surface area (Å²) in [6.07, 6.45) is -0.397. The maximum atomic E-state index is 13.0. The van der Waals surface area contributed by atoms with Crippen molar-refractivity contribution >= 4 is 11.6 Å². The van der Waals surface area contributed by atoms with Crippen LogP contribution in [0.2, 0.25) is 0 Å². The van der Waals surface area contributed by atoms with Crippen molar-refractivity contribution in [3.63, 3.8) is 0 Å². The summed E-state index contributed by atoms with van der Waals surface area (Å²) in [5, 5.41) is 0. The Morgan fingerprint density at radius 2 is 1.90 bits per heavy atom. The molecule has 0 fully saturated rings. The van der Waals surface area contributed by atoms with Crippen LogP contribution in [0.15, 0.2) is 66.3 Å². The highest BCUT2D eigenvalue weighted by atomic mass is 19.4. The highest BCUT2D eigenvalue weighted by Crippen LogP contribution is 2.29. The molecular formula is C23H26F3N3O. The summed E-state index contributed by atoms with van der Waals surface area (Å²) < 4.78 is 38.2. The van der Waals surface area contributed by atoms with Gasteiger partial charge in [0.25, 0.3) is 0 Å². The number of Topliss-reactive ketones (excluding diaryl/α,β-unsaturated/α-hetero) is 1. The minimum absolute atomic E-state index is 0.0871. The number of benzene rings is 1. The van der Waals surface area contributed by atoms with Gasteiger partial charge in [-0.05, 0) is 30.5 Å². The lowest BCUT2D eigenvalue weighted by molar-refractivity contribution is -0.141. The number of nitrogens with zero attached hydrogens (tertiary/aromatic N) is 3. The van der Waals surface area contributed by atoms with Crippen molar-refractivity contribution < 1.29 is 18.0 Å². The molecule has 0 saturated carbocycles. The van der Waals surface area contributed by atoms with Gasteiger partial charge in [0.15, 0.2) is 5.84 Å². The third-order valence-electron chi connectivity index (χ3n) is 4.56. The maximum Gasteiger partial charge on any atom is 0.433 e. The number of rotatable bonds is 6. The number of amidine groups is 1. The average Bonchev–Trinajstić information content (AvgIpc) is 2.78. The topological polar surface area (TPSA) is 45.6 Å². The van der Waals surface area contributed by atoms with Gasteiger partial charge in [-0.15, -0.1) is 6.58 Å². The summed E-state index contributed by atoms with van der Waals surface area (Å²) in [7, 11) is 0. The largest absolute Gasteiger partial charge is 0.433 e. The van der Waals surface area contributed by atoms with Crippen molar-refractivity contribution in [1.29, 1.82) is 0 Å². The van der Waals surface area contributed by atoms with Gasteiger partial charge in [-0.2, -0.15) is 13.2 Å².